The molecule has 3 aliphatic heterocycles. The van der Waals surface area contributed by atoms with Crippen molar-refractivity contribution in [1.29, 1.82) is 5.26 Å². The van der Waals surface area contributed by atoms with Crippen molar-refractivity contribution in [2.45, 2.75) is 69.7 Å². The number of halogens is 1. The van der Waals surface area contributed by atoms with Crippen LogP contribution in [0, 0.1) is 11.3 Å². The van der Waals surface area contributed by atoms with Crippen LogP contribution in [0.15, 0.2) is 18.2 Å². The van der Waals surface area contributed by atoms with Gasteiger partial charge in [0.05, 0.1) is 24.2 Å². The summed E-state index contributed by atoms with van der Waals surface area (Å²) < 4.78 is 6.22. The van der Waals surface area contributed by atoms with Crippen molar-refractivity contribution in [3.8, 4) is 12.1 Å². The van der Waals surface area contributed by atoms with Crippen molar-refractivity contribution in [3.63, 3.8) is 0 Å². The highest BCUT2D eigenvalue weighted by Crippen LogP contribution is 2.43. The quantitative estimate of drug-likeness (QED) is 0.554. The smallest absolute Gasteiger partial charge is 0.407 e. The number of ether oxygens (including phenoxy) is 1. The van der Waals surface area contributed by atoms with Crippen LogP contribution in [0.4, 0.5) is 10.6 Å². The summed E-state index contributed by atoms with van der Waals surface area (Å²) in [7, 11) is 2.12. The van der Waals surface area contributed by atoms with Crippen molar-refractivity contribution in [1.82, 2.24) is 24.7 Å². The molecule has 1 aliphatic carbocycles. The van der Waals surface area contributed by atoms with Crippen LogP contribution in [0.1, 0.15) is 60.5 Å². The van der Waals surface area contributed by atoms with Gasteiger partial charge in [-0.2, -0.15) is 15.2 Å². The summed E-state index contributed by atoms with van der Waals surface area (Å²) in [5, 5.41) is 19.9. The molecule has 212 valence electrons. The maximum Gasteiger partial charge on any atom is 0.407 e. The molecule has 3 atom stereocenters. The van der Waals surface area contributed by atoms with E-state index >= 15 is 0 Å². The molecule has 2 aromatic rings. The number of rotatable bonds is 6. The number of aromatic nitrogens is 2. The third-order valence-electron chi connectivity index (χ3n) is 9.04. The molecule has 10 nitrogen and oxygen atoms in total. The van der Waals surface area contributed by atoms with E-state index in [-0.39, 0.29) is 12.5 Å². The average Bonchev–Trinajstić information content (AvgIpc) is 3.57. The zero-order valence-electron chi connectivity index (χ0n) is 22.9. The van der Waals surface area contributed by atoms with Gasteiger partial charge in [0.2, 0.25) is 0 Å². The Hall–Kier alpha value is -3.13. The number of amides is 1. The highest BCUT2D eigenvalue weighted by molar-refractivity contribution is 6.31. The molecule has 1 unspecified atom stereocenters. The van der Waals surface area contributed by atoms with E-state index in [9.17, 15) is 15.2 Å². The predicted molar refractivity (Wildman–Crippen MR) is 151 cm³/mol. The number of benzene rings is 1. The standard InChI is InChI=1S/C29H36ClN7O3/c1-34-12-4-7-21(34)18-40-28-32-24-17-36(25-9-3-6-19-5-2-8-23(30)26(19)25)16-22(24)27(33-28)35-13-14-37(29(38)39)20(15-35)10-11-31/h2,5,8,20-21,25H,3-4,6-7,9-10,12-18H2,1H3,(H,38,39)/t20-,21-,25?/m0/s1. The van der Waals surface area contributed by atoms with E-state index in [1.165, 1.54) is 16.0 Å². The maximum absolute atomic E-state index is 11.8. The molecule has 2 fully saturated rings. The van der Waals surface area contributed by atoms with Crippen LogP contribution in [0.3, 0.4) is 0 Å². The van der Waals surface area contributed by atoms with Crippen molar-refractivity contribution < 1.29 is 14.6 Å². The first-order chi connectivity index (χ1) is 19.4. The van der Waals surface area contributed by atoms with E-state index in [0.717, 1.165) is 60.7 Å². The highest BCUT2D eigenvalue weighted by Gasteiger charge is 2.38. The zero-order valence-corrected chi connectivity index (χ0v) is 23.7. The first kappa shape index (κ1) is 27.1. The third kappa shape index (κ3) is 5.18. The molecule has 0 spiro atoms. The number of likely N-dealkylation sites (N-methyl/N-ethyl adjacent to an activating group) is 1. The van der Waals surface area contributed by atoms with Gasteiger partial charge in [-0.15, -0.1) is 0 Å². The first-order valence-corrected chi connectivity index (χ1v) is 14.7. The first-order valence-electron chi connectivity index (χ1n) is 14.3. The van der Waals surface area contributed by atoms with Crippen LogP contribution in [0.5, 0.6) is 6.01 Å². The number of hydrogen-bond donors (Lipinski definition) is 1. The Morgan fingerprint density at radius 1 is 1.18 bits per heavy atom. The zero-order chi connectivity index (χ0) is 27.8. The van der Waals surface area contributed by atoms with E-state index in [1.54, 1.807) is 0 Å². The molecule has 1 amide bonds. The van der Waals surface area contributed by atoms with E-state index in [2.05, 4.69) is 33.9 Å². The van der Waals surface area contributed by atoms with E-state index in [0.29, 0.717) is 51.4 Å². The van der Waals surface area contributed by atoms with Crippen LogP contribution >= 0.6 is 11.6 Å². The molecular weight excluding hydrogens is 530 g/mol. The van der Waals surface area contributed by atoms with Gasteiger partial charge in [0, 0.05) is 55.4 Å². The number of aryl methyl sites for hydroxylation is 1. The molecular formula is C29H36ClN7O3. The second-order valence-corrected chi connectivity index (χ2v) is 11.8. The SMILES string of the molecule is CN1CCC[C@H]1COc1nc2c(c(N3CCN(C(=O)O)[C@@H](CC#N)C3)n1)CN(C1CCCc3cccc(Cl)c31)C2. The summed E-state index contributed by atoms with van der Waals surface area (Å²) in [6.45, 7) is 4.20. The lowest BCUT2D eigenvalue weighted by molar-refractivity contribution is 0.119. The summed E-state index contributed by atoms with van der Waals surface area (Å²) in [6, 6.07) is 8.86. The Morgan fingerprint density at radius 2 is 2.05 bits per heavy atom. The maximum atomic E-state index is 11.8. The van der Waals surface area contributed by atoms with Crippen molar-refractivity contribution in [2.24, 2.45) is 0 Å². The third-order valence-corrected chi connectivity index (χ3v) is 9.37. The molecule has 1 N–H and O–H groups in total. The number of piperazine rings is 1. The summed E-state index contributed by atoms with van der Waals surface area (Å²) in [4.78, 5) is 29.9. The topological polar surface area (TPSA) is 109 Å². The lowest BCUT2D eigenvalue weighted by Crippen LogP contribution is -2.55. The minimum atomic E-state index is -0.989. The number of carboxylic acid groups (broad SMARTS) is 1. The minimum absolute atomic E-state index is 0.136. The molecule has 0 bridgehead atoms. The summed E-state index contributed by atoms with van der Waals surface area (Å²) >= 11 is 6.74. The fraction of sp³-hybridized carbons (Fsp3) is 0.586. The largest absolute Gasteiger partial charge is 0.465 e. The average molecular weight is 566 g/mol. The van der Waals surface area contributed by atoms with Gasteiger partial charge in [0.15, 0.2) is 0 Å². The molecule has 4 aliphatic rings. The fourth-order valence-electron chi connectivity index (χ4n) is 6.89. The Balaban J connectivity index is 1.31. The monoisotopic (exact) mass is 565 g/mol. The number of hydrogen-bond acceptors (Lipinski definition) is 8. The molecule has 6 rings (SSSR count). The van der Waals surface area contributed by atoms with Gasteiger partial charge in [-0.1, -0.05) is 23.7 Å². The molecule has 2 saturated heterocycles. The highest BCUT2D eigenvalue weighted by atomic mass is 35.5. The summed E-state index contributed by atoms with van der Waals surface area (Å²) in [5.74, 6) is 0.797. The lowest BCUT2D eigenvalue weighted by Gasteiger charge is -2.40. The van der Waals surface area contributed by atoms with Crippen molar-refractivity contribution in [3.05, 3.63) is 45.6 Å². The number of carbonyl (C=O) groups is 1. The molecule has 0 radical (unpaired) electrons. The van der Waals surface area contributed by atoms with E-state index in [4.69, 9.17) is 26.3 Å². The van der Waals surface area contributed by atoms with Gasteiger partial charge in [-0.25, -0.2) is 4.79 Å². The Bertz CT molecular complexity index is 1320. The van der Waals surface area contributed by atoms with Crippen LogP contribution in [0.2, 0.25) is 5.02 Å². The van der Waals surface area contributed by atoms with Gasteiger partial charge in [-0.05, 0) is 62.9 Å². The van der Waals surface area contributed by atoms with Crippen LogP contribution < -0.4 is 9.64 Å². The fourth-order valence-corrected chi connectivity index (χ4v) is 7.21. The molecule has 40 heavy (non-hydrogen) atoms. The summed E-state index contributed by atoms with van der Waals surface area (Å²) in [6.07, 6.45) is 4.59. The number of nitrogens with zero attached hydrogens (tertiary/aromatic N) is 7. The normalized spacial score (nSPS) is 25.0. The number of fused-ring (bicyclic) bond motifs is 2. The second kappa shape index (κ2) is 11.4. The van der Waals surface area contributed by atoms with Crippen LogP contribution in [-0.4, -0.2) is 87.8 Å². The Kier molecular flexibility index (Phi) is 7.71. The van der Waals surface area contributed by atoms with Gasteiger partial charge in [-0.3, -0.25) is 4.90 Å². The van der Waals surface area contributed by atoms with Gasteiger partial charge in [0.1, 0.15) is 12.4 Å². The van der Waals surface area contributed by atoms with Crippen molar-refractivity contribution >= 4 is 23.5 Å². The minimum Gasteiger partial charge on any atom is -0.465 e. The molecule has 4 heterocycles. The lowest BCUT2D eigenvalue weighted by atomic mass is 9.87. The number of anilines is 1. The molecule has 0 saturated carbocycles. The predicted octanol–water partition coefficient (Wildman–Crippen LogP) is 4.08. The summed E-state index contributed by atoms with van der Waals surface area (Å²) in [5.41, 5.74) is 4.56. The van der Waals surface area contributed by atoms with Crippen molar-refractivity contribution in [2.75, 3.05) is 44.7 Å². The van der Waals surface area contributed by atoms with Crippen LogP contribution in [-0.2, 0) is 19.5 Å². The Labute approximate surface area is 240 Å². The van der Waals surface area contributed by atoms with Gasteiger partial charge in [0.25, 0.3) is 0 Å². The van der Waals surface area contributed by atoms with Gasteiger partial charge < -0.3 is 24.5 Å². The number of likely N-dealkylation sites (tertiary alicyclic amines) is 1. The van der Waals surface area contributed by atoms with E-state index < -0.39 is 12.1 Å². The Morgan fingerprint density at radius 3 is 2.83 bits per heavy atom. The van der Waals surface area contributed by atoms with Crippen LogP contribution in [0.25, 0.3) is 0 Å². The number of nitriles is 1. The second-order valence-electron chi connectivity index (χ2n) is 11.4. The molecule has 1 aromatic carbocycles. The molecule has 1 aromatic heterocycles. The van der Waals surface area contributed by atoms with Gasteiger partial charge >= 0.3 is 12.1 Å². The van der Waals surface area contributed by atoms with E-state index in [1.807, 2.05) is 12.1 Å². The molecule has 11 heteroatoms.